The van der Waals surface area contributed by atoms with Crippen LogP contribution < -0.4 is 10.6 Å². The van der Waals surface area contributed by atoms with Crippen molar-refractivity contribution in [1.29, 1.82) is 0 Å². The number of rotatable bonds is 5. The van der Waals surface area contributed by atoms with Crippen LogP contribution in [0.5, 0.6) is 0 Å². The maximum atomic E-state index is 6.33. The fourth-order valence-corrected chi connectivity index (χ4v) is 2.77. The van der Waals surface area contributed by atoms with Gasteiger partial charge in [-0.05, 0) is 48.7 Å². The molecule has 0 saturated heterocycles. The number of nitrogens with zero attached hydrogens (tertiary/aromatic N) is 3. The zero-order valence-electron chi connectivity index (χ0n) is 13.5. The van der Waals surface area contributed by atoms with E-state index in [0.29, 0.717) is 17.5 Å². The molecule has 122 valence electrons. The van der Waals surface area contributed by atoms with Crippen molar-refractivity contribution in [3.8, 4) is 0 Å². The molecule has 0 saturated carbocycles. The highest BCUT2D eigenvalue weighted by Gasteiger charge is 2.08. The third-order valence-corrected chi connectivity index (χ3v) is 3.82. The topological polar surface area (TPSA) is 62.7 Å². The monoisotopic (exact) mass is 339 g/mol. The molecule has 24 heavy (non-hydrogen) atoms. The van der Waals surface area contributed by atoms with E-state index >= 15 is 0 Å². The highest BCUT2D eigenvalue weighted by Crippen LogP contribution is 2.29. The lowest BCUT2D eigenvalue weighted by Gasteiger charge is -2.12. The lowest BCUT2D eigenvalue weighted by atomic mass is 10.1. The molecule has 0 atom stereocenters. The molecule has 2 aromatic heterocycles. The summed E-state index contributed by atoms with van der Waals surface area (Å²) in [4.78, 5) is 12.8. The number of hydrogen-bond donors (Lipinski definition) is 2. The Bertz CT molecular complexity index is 813. The fourth-order valence-electron chi connectivity index (χ4n) is 2.40. The van der Waals surface area contributed by atoms with E-state index in [4.69, 9.17) is 11.6 Å². The van der Waals surface area contributed by atoms with Crippen molar-refractivity contribution in [3.63, 3.8) is 0 Å². The molecule has 1 aromatic carbocycles. The van der Waals surface area contributed by atoms with Gasteiger partial charge in [0.15, 0.2) is 0 Å². The third-order valence-electron chi connectivity index (χ3n) is 3.52. The number of nitrogens with one attached hydrogen (secondary N) is 2. The Morgan fingerprint density at radius 2 is 2.00 bits per heavy atom. The average molecular weight is 340 g/mol. The van der Waals surface area contributed by atoms with Crippen molar-refractivity contribution in [2.75, 3.05) is 10.6 Å². The second-order valence-corrected chi connectivity index (χ2v) is 5.95. The van der Waals surface area contributed by atoms with Crippen molar-refractivity contribution in [2.45, 2.75) is 20.4 Å². The summed E-state index contributed by atoms with van der Waals surface area (Å²) >= 11 is 6.33. The highest BCUT2D eigenvalue weighted by molar-refractivity contribution is 6.33. The van der Waals surface area contributed by atoms with Gasteiger partial charge < -0.3 is 10.6 Å². The lowest BCUT2D eigenvalue weighted by Crippen LogP contribution is -2.05. The number of halogens is 1. The molecule has 0 aliphatic carbocycles. The quantitative estimate of drug-likeness (QED) is 0.716. The molecule has 5 nitrogen and oxygen atoms in total. The minimum atomic E-state index is 0.500. The normalized spacial score (nSPS) is 10.5. The van der Waals surface area contributed by atoms with Crippen molar-refractivity contribution in [1.82, 2.24) is 15.0 Å². The van der Waals surface area contributed by atoms with Gasteiger partial charge in [0.05, 0.1) is 10.7 Å². The van der Waals surface area contributed by atoms with Crippen LogP contribution in [0.15, 0.2) is 48.9 Å². The van der Waals surface area contributed by atoms with Gasteiger partial charge in [-0.1, -0.05) is 23.7 Å². The van der Waals surface area contributed by atoms with Gasteiger partial charge in [0.2, 0.25) is 5.95 Å². The highest BCUT2D eigenvalue weighted by atomic mass is 35.5. The largest absolute Gasteiger partial charge is 0.366 e. The van der Waals surface area contributed by atoms with Crippen LogP contribution in [0.3, 0.4) is 0 Å². The first-order chi connectivity index (χ1) is 11.6. The van der Waals surface area contributed by atoms with Gasteiger partial charge in [0.1, 0.15) is 5.82 Å². The molecule has 0 radical (unpaired) electrons. The van der Waals surface area contributed by atoms with Crippen LogP contribution >= 0.6 is 11.6 Å². The molecule has 3 aromatic rings. The van der Waals surface area contributed by atoms with Crippen LogP contribution in [0, 0.1) is 13.8 Å². The summed E-state index contributed by atoms with van der Waals surface area (Å²) in [5, 5.41) is 7.12. The zero-order valence-corrected chi connectivity index (χ0v) is 14.3. The van der Waals surface area contributed by atoms with Gasteiger partial charge in [-0.2, -0.15) is 4.98 Å². The van der Waals surface area contributed by atoms with Gasteiger partial charge >= 0.3 is 0 Å². The van der Waals surface area contributed by atoms with E-state index in [1.54, 1.807) is 12.4 Å². The molecule has 0 amide bonds. The lowest BCUT2D eigenvalue weighted by molar-refractivity contribution is 1.07. The predicted molar refractivity (Wildman–Crippen MR) is 97.8 cm³/mol. The van der Waals surface area contributed by atoms with Crippen molar-refractivity contribution in [2.24, 2.45) is 0 Å². The summed E-state index contributed by atoms with van der Waals surface area (Å²) in [5.41, 5.74) is 4.09. The molecule has 0 unspecified atom stereocenters. The molecular weight excluding hydrogens is 322 g/mol. The van der Waals surface area contributed by atoms with Gasteiger partial charge in [0, 0.05) is 25.1 Å². The van der Waals surface area contributed by atoms with E-state index in [-0.39, 0.29) is 0 Å². The average Bonchev–Trinajstić information content (AvgIpc) is 2.58. The second kappa shape index (κ2) is 7.27. The Hall–Kier alpha value is -2.66. The van der Waals surface area contributed by atoms with Gasteiger partial charge in [-0.3, -0.25) is 4.98 Å². The molecule has 2 N–H and O–H groups in total. The van der Waals surface area contributed by atoms with E-state index in [1.165, 1.54) is 0 Å². The maximum absolute atomic E-state index is 6.33. The molecule has 6 heteroatoms. The first kappa shape index (κ1) is 16.2. The van der Waals surface area contributed by atoms with Crippen molar-refractivity contribution < 1.29 is 0 Å². The first-order valence-electron chi connectivity index (χ1n) is 7.61. The Morgan fingerprint density at radius 1 is 1.12 bits per heavy atom. The number of aromatic nitrogens is 3. The third kappa shape index (κ3) is 4.00. The SMILES string of the molecule is Cc1cc(C)c(Nc2nccc(NCc3cccnc3)n2)c(Cl)c1. The molecule has 0 fully saturated rings. The van der Waals surface area contributed by atoms with Crippen molar-refractivity contribution in [3.05, 3.63) is 70.6 Å². The van der Waals surface area contributed by atoms with Crippen LogP contribution in [0.25, 0.3) is 0 Å². The Balaban J connectivity index is 1.74. The van der Waals surface area contributed by atoms with E-state index in [9.17, 15) is 0 Å². The van der Waals surface area contributed by atoms with Crippen LogP contribution in [0.1, 0.15) is 16.7 Å². The number of anilines is 3. The summed E-state index contributed by atoms with van der Waals surface area (Å²) in [6.45, 7) is 4.67. The van der Waals surface area contributed by atoms with Gasteiger partial charge in [0.25, 0.3) is 0 Å². The molecule has 0 spiro atoms. The summed E-state index contributed by atoms with van der Waals surface area (Å²) in [6, 6.07) is 9.73. The van der Waals surface area contributed by atoms with Crippen LogP contribution in [0.4, 0.5) is 17.5 Å². The zero-order chi connectivity index (χ0) is 16.9. The van der Waals surface area contributed by atoms with Crippen LogP contribution in [-0.2, 0) is 6.54 Å². The van der Waals surface area contributed by atoms with E-state index in [1.807, 2.05) is 44.3 Å². The first-order valence-corrected chi connectivity index (χ1v) is 7.99. The van der Waals surface area contributed by atoms with E-state index in [0.717, 1.165) is 28.2 Å². The number of hydrogen-bond acceptors (Lipinski definition) is 5. The molecule has 3 rings (SSSR count). The molecule has 0 bridgehead atoms. The standard InChI is InChI=1S/C18H18ClN5/c1-12-8-13(2)17(15(19)9-12)24-18-21-7-5-16(23-18)22-11-14-4-3-6-20-10-14/h3-10H,11H2,1-2H3,(H2,21,22,23,24). The Morgan fingerprint density at radius 3 is 2.75 bits per heavy atom. The Labute approximate surface area is 146 Å². The summed E-state index contributed by atoms with van der Waals surface area (Å²) in [7, 11) is 0. The van der Waals surface area contributed by atoms with Crippen LogP contribution in [-0.4, -0.2) is 15.0 Å². The molecule has 0 aliphatic rings. The van der Waals surface area contributed by atoms with Gasteiger partial charge in [-0.15, -0.1) is 0 Å². The predicted octanol–water partition coefficient (Wildman–Crippen LogP) is 4.50. The summed E-state index contributed by atoms with van der Waals surface area (Å²) in [5.74, 6) is 1.23. The van der Waals surface area contributed by atoms with Crippen molar-refractivity contribution >= 4 is 29.1 Å². The number of pyridine rings is 1. The fraction of sp³-hybridized carbons (Fsp3) is 0.167. The Kier molecular flexibility index (Phi) is 4.91. The second-order valence-electron chi connectivity index (χ2n) is 5.54. The molecular formula is C18H18ClN5. The number of aryl methyl sites for hydroxylation is 2. The number of benzene rings is 1. The minimum Gasteiger partial charge on any atom is -0.366 e. The minimum absolute atomic E-state index is 0.500. The van der Waals surface area contributed by atoms with E-state index in [2.05, 4.69) is 31.7 Å². The van der Waals surface area contributed by atoms with E-state index < -0.39 is 0 Å². The maximum Gasteiger partial charge on any atom is 0.229 e. The summed E-state index contributed by atoms with van der Waals surface area (Å²) < 4.78 is 0. The molecule has 0 aliphatic heterocycles. The molecule has 2 heterocycles. The summed E-state index contributed by atoms with van der Waals surface area (Å²) in [6.07, 6.45) is 5.28. The van der Waals surface area contributed by atoms with Crippen LogP contribution in [0.2, 0.25) is 5.02 Å². The van der Waals surface area contributed by atoms with Gasteiger partial charge in [-0.25, -0.2) is 4.98 Å². The smallest absolute Gasteiger partial charge is 0.229 e.